The van der Waals surface area contributed by atoms with E-state index in [1.807, 2.05) is 30.3 Å². The van der Waals surface area contributed by atoms with Gasteiger partial charge in [0.25, 0.3) is 0 Å². The number of amides is 1. The van der Waals surface area contributed by atoms with Gasteiger partial charge in [-0.1, -0.05) is 37.3 Å². The topological polar surface area (TPSA) is 49.3 Å². The summed E-state index contributed by atoms with van der Waals surface area (Å²) in [5.41, 5.74) is 0.928. The van der Waals surface area contributed by atoms with Crippen LogP contribution in [0.25, 0.3) is 0 Å². The first-order valence-electron chi connectivity index (χ1n) is 4.73. The molecule has 0 spiro atoms. The van der Waals surface area contributed by atoms with E-state index in [-0.39, 0.29) is 18.6 Å². The lowest BCUT2D eigenvalue weighted by Gasteiger charge is -2.15. The molecule has 0 fully saturated rings. The van der Waals surface area contributed by atoms with E-state index in [1.165, 1.54) is 0 Å². The first kappa shape index (κ1) is 10.7. The zero-order chi connectivity index (χ0) is 10.4. The zero-order valence-electron chi connectivity index (χ0n) is 8.23. The Bertz CT molecular complexity index is 285. The monoisotopic (exact) mass is 193 g/mol. The lowest BCUT2D eigenvalue weighted by Crippen LogP contribution is -2.29. The molecule has 1 amide bonds. The Balaban J connectivity index is 2.68. The van der Waals surface area contributed by atoms with Gasteiger partial charge in [0.05, 0.1) is 12.6 Å². The number of carbonyl (C=O) groups excluding carboxylic acids is 1. The largest absolute Gasteiger partial charge is 0.394 e. The van der Waals surface area contributed by atoms with Crippen molar-refractivity contribution in [3.63, 3.8) is 0 Å². The van der Waals surface area contributed by atoms with Crippen LogP contribution in [0.4, 0.5) is 0 Å². The molecule has 1 atom stereocenters. The minimum atomic E-state index is -0.288. The minimum Gasteiger partial charge on any atom is -0.394 e. The van der Waals surface area contributed by atoms with Gasteiger partial charge in [0.1, 0.15) is 0 Å². The molecular formula is C11H15NO2. The molecule has 1 aromatic carbocycles. The molecule has 0 saturated heterocycles. The van der Waals surface area contributed by atoms with Crippen LogP contribution in [-0.2, 0) is 4.79 Å². The molecule has 0 aromatic heterocycles. The Morgan fingerprint density at radius 1 is 1.43 bits per heavy atom. The molecule has 1 rings (SSSR count). The SMILES string of the molecule is CCC(=O)N[C@H](CO)c1ccccc1. The predicted octanol–water partition coefficient (Wildman–Crippen LogP) is 1.25. The molecule has 0 radical (unpaired) electrons. The smallest absolute Gasteiger partial charge is 0.220 e. The molecule has 0 saturated carbocycles. The molecular weight excluding hydrogens is 178 g/mol. The molecule has 1 aromatic rings. The second-order valence-electron chi connectivity index (χ2n) is 3.07. The van der Waals surface area contributed by atoms with Crippen LogP contribution in [0.5, 0.6) is 0 Å². The molecule has 0 aliphatic rings. The lowest BCUT2D eigenvalue weighted by atomic mass is 10.1. The second-order valence-corrected chi connectivity index (χ2v) is 3.07. The zero-order valence-corrected chi connectivity index (χ0v) is 8.23. The quantitative estimate of drug-likeness (QED) is 0.756. The van der Waals surface area contributed by atoms with Gasteiger partial charge < -0.3 is 10.4 Å². The summed E-state index contributed by atoms with van der Waals surface area (Å²) in [4.78, 5) is 11.1. The van der Waals surface area contributed by atoms with Gasteiger partial charge >= 0.3 is 0 Å². The average Bonchev–Trinajstić information content (AvgIpc) is 2.26. The van der Waals surface area contributed by atoms with Crippen LogP contribution < -0.4 is 5.32 Å². The fraction of sp³-hybridized carbons (Fsp3) is 0.364. The van der Waals surface area contributed by atoms with Crippen LogP contribution in [0.3, 0.4) is 0 Å². The first-order chi connectivity index (χ1) is 6.77. The van der Waals surface area contributed by atoms with Crippen LogP contribution >= 0.6 is 0 Å². The number of aliphatic hydroxyl groups excluding tert-OH is 1. The highest BCUT2D eigenvalue weighted by Gasteiger charge is 2.11. The summed E-state index contributed by atoms with van der Waals surface area (Å²) in [6, 6.07) is 9.16. The van der Waals surface area contributed by atoms with Gasteiger partial charge in [-0.15, -0.1) is 0 Å². The van der Waals surface area contributed by atoms with Crippen molar-refractivity contribution in [3.05, 3.63) is 35.9 Å². The van der Waals surface area contributed by atoms with Gasteiger partial charge in [-0.25, -0.2) is 0 Å². The van der Waals surface area contributed by atoms with Gasteiger partial charge in [-0.2, -0.15) is 0 Å². The Morgan fingerprint density at radius 2 is 2.07 bits per heavy atom. The molecule has 0 aliphatic heterocycles. The van der Waals surface area contributed by atoms with Gasteiger partial charge in [-0.05, 0) is 5.56 Å². The van der Waals surface area contributed by atoms with E-state index < -0.39 is 0 Å². The highest BCUT2D eigenvalue weighted by atomic mass is 16.3. The van der Waals surface area contributed by atoms with Crippen molar-refractivity contribution in [2.75, 3.05) is 6.61 Å². The van der Waals surface area contributed by atoms with Crippen molar-refractivity contribution in [1.82, 2.24) is 5.32 Å². The summed E-state index contributed by atoms with van der Waals surface area (Å²) in [6.07, 6.45) is 0.434. The van der Waals surface area contributed by atoms with Gasteiger partial charge in [0.2, 0.25) is 5.91 Å². The molecule has 3 nitrogen and oxygen atoms in total. The summed E-state index contributed by atoms with van der Waals surface area (Å²) in [7, 11) is 0. The van der Waals surface area contributed by atoms with Gasteiger partial charge in [0, 0.05) is 6.42 Å². The maximum absolute atomic E-state index is 11.1. The van der Waals surface area contributed by atoms with E-state index >= 15 is 0 Å². The number of hydrogen-bond donors (Lipinski definition) is 2. The van der Waals surface area contributed by atoms with Crippen LogP contribution in [-0.4, -0.2) is 17.6 Å². The number of aliphatic hydroxyl groups is 1. The molecule has 0 heterocycles. The van der Waals surface area contributed by atoms with Crippen LogP contribution in [0.15, 0.2) is 30.3 Å². The van der Waals surface area contributed by atoms with E-state index in [0.717, 1.165) is 5.56 Å². The van der Waals surface area contributed by atoms with E-state index in [9.17, 15) is 4.79 Å². The van der Waals surface area contributed by atoms with Crippen molar-refractivity contribution < 1.29 is 9.90 Å². The fourth-order valence-electron chi connectivity index (χ4n) is 1.22. The highest BCUT2D eigenvalue weighted by molar-refractivity contribution is 5.76. The molecule has 0 bridgehead atoms. The van der Waals surface area contributed by atoms with Gasteiger partial charge in [0.15, 0.2) is 0 Å². The van der Waals surface area contributed by atoms with Crippen molar-refractivity contribution >= 4 is 5.91 Å². The molecule has 76 valence electrons. The Hall–Kier alpha value is -1.35. The first-order valence-corrected chi connectivity index (χ1v) is 4.73. The van der Waals surface area contributed by atoms with Crippen LogP contribution in [0.1, 0.15) is 24.9 Å². The van der Waals surface area contributed by atoms with E-state index in [1.54, 1.807) is 6.92 Å². The average molecular weight is 193 g/mol. The van der Waals surface area contributed by atoms with E-state index in [0.29, 0.717) is 6.42 Å². The number of benzene rings is 1. The fourth-order valence-corrected chi connectivity index (χ4v) is 1.22. The molecule has 0 unspecified atom stereocenters. The van der Waals surface area contributed by atoms with Crippen molar-refractivity contribution in [2.24, 2.45) is 0 Å². The second kappa shape index (κ2) is 5.40. The minimum absolute atomic E-state index is 0.0482. The standard InChI is InChI=1S/C11H15NO2/c1-2-11(14)12-10(8-13)9-6-4-3-5-7-9/h3-7,10,13H,2,8H2,1H3,(H,12,14)/t10-/m1/s1. The highest BCUT2D eigenvalue weighted by Crippen LogP contribution is 2.11. The van der Waals surface area contributed by atoms with E-state index in [2.05, 4.69) is 5.32 Å². The summed E-state index contributed by atoms with van der Waals surface area (Å²) in [6.45, 7) is 1.71. The maximum atomic E-state index is 11.1. The third-order valence-electron chi connectivity index (χ3n) is 2.04. The summed E-state index contributed by atoms with van der Waals surface area (Å²) >= 11 is 0. The third kappa shape index (κ3) is 2.85. The third-order valence-corrected chi connectivity index (χ3v) is 2.04. The lowest BCUT2D eigenvalue weighted by molar-refractivity contribution is -0.121. The van der Waals surface area contributed by atoms with Crippen LogP contribution in [0.2, 0.25) is 0 Å². The Labute approximate surface area is 83.8 Å². The van der Waals surface area contributed by atoms with Crippen molar-refractivity contribution in [1.29, 1.82) is 0 Å². The van der Waals surface area contributed by atoms with Crippen LogP contribution in [0, 0.1) is 0 Å². The molecule has 0 aliphatic carbocycles. The number of carbonyl (C=O) groups is 1. The molecule has 14 heavy (non-hydrogen) atoms. The Morgan fingerprint density at radius 3 is 2.57 bits per heavy atom. The summed E-state index contributed by atoms with van der Waals surface area (Å²) in [5.74, 6) is -0.0482. The normalized spacial score (nSPS) is 12.1. The van der Waals surface area contributed by atoms with Crippen molar-refractivity contribution in [2.45, 2.75) is 19.4 Å². The number of rotatable bonds is 4. The summed E-state index contributed by atoms with van der Waals surface area (Å²) in [5, 5.41) is 11.9. The predicted molar refractivity (Wildman–Crippen MR) is 54.7 cm³/mol. The number of hydrogen-bond acceptors (Lipinski definition) is 2. The maximum Gasteiger partial charge on any atom is 0.220 e. The van der Waals surface area contributed by atoms with E-state index in [4.69, 9.17) is 5.11 Å². The van der Waals surface area contributed by atoms with Crippen molar-refractivity contribution in [3.8, 4) is 0 Å². The number of nitrogens with one attached hydrogen (secondary N) is 1. The molecule has 2 N–H and O–H groups in total. The molecule has 3 heteroatoms. The summed E-state index contributed by atoms with van der Waals surface area (Å²) < 4.78 is 0. The Kier molecular flexibility index (Phi) is 4.13. The van der Waals surface area contributed by atoms with Gasteiger partial charge in [-0.3, -0.25) is 4.79 Å².